The lowest BCUT2D eigenvalue weighted by atomic mass is 9.83. The molecule has 1 aromatic heterocycles. The molecular weight excluding hydrogens is 270 g/mol. The van der Waals surface area contributed by atoms with Crippen molar-refractivity contribution in [2.75, 3.05) is 30.3 Å². The standard InChI is InChI=1S/C15H23N3OS/c1-4-7-17-14(19)13-11(16)10-12(20-13)18-8-5-15(2,3)6-9-18/h4,10H,1,5-9,16H2,2-3H3,(H,17,19). The zero-order valence-corrected chi connectivity index (χ0v) is 13.1. The number of rotatable bonds is 4. The summed E-state index contributed by atoms with van der Waals surface area (Å²) in [6.45, 7) is 10.7. The van der Waals surface area contributed by atoms with Gasteiger partial charge >= 0.3 is 0 Å². The van der Waals surface area contributed by atoms with E-state index in [2.05, 4.69) is 30.6 Å². The number of hydrogen-bond donors (Lipinski definition) is 2. The Kier molecular flexibility index (Phi) is 4.38. The summed E-state index contributed by atoms with van der Waals surface area (Å²) >= 11 is 1.48. The van der Waals surface area contributed by atoms with Crippen LogP contribution in [0.2, 0.25) is 0 Å². The minimum atomic E-state index is -0.115. The van der Waals surface area contributed by atoms with Crippen molar-refractivity contribution >= 4 is 27.9 Å². The highest BCUT2D eigenvalue weighted by Gasteiger charge is 2.27. The fourth-order valence-corrected chi connectivity index (χ4v) is 3.35. The molecule has 2 heterocycles. The largest absolute Gasteiger partial charge is 0.397 e. The highest BCUT2D eigenvalue weighted by molar-refractivity contribution is 7.18. The molecule has 1 fully saturated rings. The summed E-state index contributed by atoms with van der Waals surface area (Å²) in [6, 6.07) is 1.92. The van der Waals surface area contributed by atoms with Gasteiger partial charge in [-0.15, -0.1) is 17.9 Å². The molecule has 1 aromatic rings. The topological polar surface area (TPSA) is 58.4 Å². The highest BCUT2D eigenvalue weighted by atomic mass is 32.1. The maximum atomic E-state index is 12.0. The van der Waals surface area contributed by atoms with E-state index in [4.69, 9.17) is 5.73 Å². The maximum absolute atomic E-state index is 12.0. The first-order valence-electron chi connectivity index (χ1n) is 6.96. The van der Waals surface area contributed by atoms with Crippen LogP contribution < -0.4 is 16.0 Å². The summed E-state index contributed by atoms with van der Waals surface area (Å²) in [5, 5.41) is 3.87. The van der Waals surface area contributed by atoms with E-state index in [9.17, 15) is 4.79 Å². The van der Waals surface area contributed by atoms with Crippen LogP contribution in [0.5, 0.6) is 0 Å². The second kappa shape index (κ2) is 5.87. The van der Waals surface area contributed by atoms with Crippen LogP contribution in [0, 0.1) is 5.41 Å². The Bertz CT molecular complexity index is 497. The Hall–Kier alpha value is -1.49. The minimum absolute atomic E-state index is 0.115. The van der Waals surface area contributed by atoms with Crippen LogP contribution in [-0.4, -0.2) is 25.5 Å². The van der Waals surface area contributed by atoms with Crippen LogP contribution in [0.3, 0.4) is 0 Å². The third-order valence-corrected chi connectivity index (χ3v) is 5.00. The molecule has 5 heteroatoms. The zero-order chi connectivity index (χ0) is 14.8. The van der Waals surface area contributed by atoms with Gasteiger partial charge in [0, 0.05) is 19.6 Å². The van der Waals surface area contributed by atoms with Crippen molar-refractivity contribution in [1.82, 2.24) is 5.32 Å². The molecular formula is C15H23N3OS. The van der Waals surface area contributed by atoms with Gasteiger partial charge in [0.15, 0.2) is 0 Å². The Balaban J connectivity index is 2.07. The van der Waals surface area contributed by atoms with E-state index in [1.165, 1.54) is 24.2 Å². The molecule has 1 amide bonds. The Morgan fingerprint density at radius 3 is 2.80 bits per heavy atom. The Morgan fingerprint density at radius 1 is 1.55 bits per heavy atom. The van der Waals surface area contributed by atoms with Crippen LogP contribution in [0.15, 0.2) is 18.7 Å². The molecule has 1 aliphatic heterocycles. The number of nitrogens with two attached hydrogens (primary N) is 1. The number of anilines is 2. The lowest BCUT2D eigenvalue weighted by molar-refractivity contribution is 0.0963. The summed E-state index contributed by atoms with van der Waals surface area (Å²) in [6.07, 6.45) is 4.00. The Labute approximate surface area is 124 Å². The van der Waals surface area contributed by atoms with Gasteiger partial charge in [0.1, 0.15) is 4.88 Å². The van der Waals surface area contributed by atoms with Crippen molar-refractivity contribution < 1.29 is 4.79 Å². The Morgan fingerprint density at radius 2 is 2.20 bits per heavy atom. The van der Waals surface area contributed by atoms with Crippen LogP contribution in [0.1, 0.15) is 36.4 Å². The van der Waals surface area contributed by atoms with Gasteiger partial charge in [0.25, 0.3) is 5.91 Å². The third-order valence-electron chi connectivity index (χ3n) is 3.79. The number of carbonyl (C=O) groups excluding carboxylic acids is 1. The molecule has 0 unspecified atom stereocenters. The predicted octanol–water partition coefficient (Wildman–Crippen LogP) is 2.87. The highest BCUT2D eigenvalue weighted by Crippen LogP contribution is 2.37. The number of thiophene rings is 1. The smallest absolute Gasteiger partial charge is 0.263 e. The van der Waals surface area contributed by atoms with E-state index < -0.39 is 0 Å². The first kappa shape index (κ1) is 14.9. The number of carbonyl (C=O) groups is 1. The maximum Gasteiger partial charge on any atom is 0.263 e. The number of nitrogens with zero attached hydrogens (tertiary/aromatic N) is 1. The number of hydrogen-bond acceptors (Lipinski definition) is 4. The molecule has 0 spiro atoms. The molecule has 0 aromatic carbocycles. The summed E-state index contributed by atoms with van der Waals surface area (Å²) in [5.41, 5.74) is 6.96. The van der Waals surface area contributed by atoms with Gasteiger partial charge in [0.2, 0.25) is 0 Å². The first-order chi connectivity index (χ1) is 9.43. The van der Waals surface area contributed by atoms with E-state index in [-0.39, 0.29) is 5.91 Å². The molecule has 0 bridgehead atoms. The van der Waals surface area contributed by atoms with Crippen molar-refractivity contribution in [2.24, 2.45) is 5.41 Å². The number of piperidine rings is 1. The molecule has 0 saturated carbocycles. The predicted molar refractivity (Wildman–Crippen MR) is 86.5 cm³/mol. The van der Waals surface area contributed by atoms with Crippen LogP contribution in [-0.2, 0) is 0 Å². The van der Waals surface area contributed by atoms with Crippen molar-refractivity contribution in [3.63, 3.8) is 0 Å². The second-order valence-electron chi connectivity index (χ2n) is 6.02. The molecule has 1 aliphatic rings. The van der Waals surface area contributed by atoms with Crippen molar-refractivity contribution in [3.05, 3.63) is 23.6 Å². The molecule has 2 rings (SSSR count). The van der Waals surface area contributed by atoms with Gasteiger partial charge in [-0.25, -0.2) is 0 Å². The average Bonchev–Trinajstić information content (AvgIpc) is 2.78. The van der Waals surface area contributed by atoms with Crippen molar-refractivity contribution in [1.29, 1.82) is 0 Å². The first-order valence-corrected chi connectivity index (χ1v) is 7.78. The van der Waals surface area contributed by atoms with Gasteiger partial charge in [-0.1, -0.05) is 19.9 Å². The molecule has 20 heavy (non-hydrogen) atoms. The van der Waals surface area contributed by atoms with Gasteiger partial charge in [-0.05, 0) is 24.3 Å². The molecule has 3 N–H and O–H groups in total. The normalized spacial score (nSPS) is 17.8. The monoisotopic (exact) mass is 293 g/mol. The van der Waals surface area contributed by atoms with Gasteiger partial charge < -0.3 is 16.0 Å². The van der Waals surface area contributed by atoms with Crippen molar-refractivity contribution in [3.8, 4) is 0 Å². The van der Waals surface area contributed by atoms with Crippen LogP contribution in [0.25, 0.3) is 0 Å². The molecule has 110 valence electrons. The summed E-state index contributed by atoms with van der Waals surface area (Å²) in [5.74, 6) is -0.115. The van der Waals surface area contributed by atoms with Gasteiger partial charge in [-0.3, -0.25) is 4.79 Å². The molecule has 4 nitrogen and oxygen atoms in total. The molecule has 0 atom stereocenters. The number of nitrogen functional groups attached to an aromatic ring is 1. The van der Waals surface area contributed by atoms with E-state index in [0.29, 0.717) is 22.5 Å². The van der Waals surface area contributed by atoms with Gasteiger partial charge in [-0.2, -0.15) is 0 Å². The van der Waals surface area contributed by atoms with E-state index in [0.717, 1.165) is 18.1 Å². The van der Waals surface area contributed by atoms with E-state index in [1.54, 1.807) is 6.08 Å². The number of nitrogens with one attached hydrogen (secondary N) is 1. The zero-order valence-electron chi connectivity index (χ0n) is 12.2. The summed E-state index contributed by atoms with van der Waals surface area (Å²) in [4.78, 5) is 14.9. The van der Waals surface area contributed by atoms with Crippen LogP contribution >= 0.6 is 11.3 Å². The molecule has 1 saturated heterocycles. The quantitative estimate of drug-likeness (QED) is 0.839. The van der Waals surface area contributed by atoms with Gasteiger partial charge in [0.05, 0.1) is 10.7 Å². The average molecular weight is 293 g/mol. The van der Waals surface area contributed by atoms with E-state index >= 15 is 0 Å². The fraction of sp³-hybridized carbons (Fsp3) is 0.533. The van der Waals surface area contributed by atoms with E-state index in [1.807, 2.05) is 6.07 Å². The minimum Gasteiger partial charge on any atom is -0.397 e. The lowest BCUT2D eigenvalue weighted by Crippen LogP contribution is -2.36. The second-order valence-corrected chi connectivity index (χ2v) is 7.05. The summed E-state index contributed by atoms with van der Waals surface area (Å²) in [7, 11) is 0. The number of amides is 1. The SMILES string of the molecule is C=CCNC(=O)c1sc(N2CCC(C)(C)CC2)cc1N. The van der Waals surface area contributed by atoms with Crippen molar-refractivity contribution in [2.45, 2.75) is 26.7 Å². The summed E-state index contributed by atoms with van der Waals surface area (Å²) < 4.78 is 0. The molecule has 0 aliphatic carbocycles. The van der Waals surface area contributed by atoms with Crippen LogP contribution in [0.4, 0.5) is 10.7 Å². The molecule has 0 radical (unpaired) electrons. The fourth-order valence-electron chi connectivity index (χ4n) is 2.30. The third kappa shape index (κ3) is 3.33. The lowest BCUT2D eigenvalue weighted by Gasteiger charge is -2.37.